The van der Waals surface area contributed by atoms with Crippen molar-refractivity contribution in [3.8, 4) is 0 Å². The van der Waals surface area contributed by atoms with Gasteiger partial charge in [0.1, 0.15) is 12.6 Å². The highest BCUT2D eigenvalue weighted by molar-refractivity contribution is 6.21. The number of halogens is 1. The third-order valence-corrected chi connectivity index (χ3v) is 3.24. The molecule has 0 spiro atoms. The monoisotopic (exact) mass is 314 g/mol. The molecule has 0 saturated carbocycles. The Morgan fingerprint density at radius 3 is 2.52 bits per heavy atom. The van der Waals surface area contributed by atoms with E-state index in [2.05, 4.69) is 0 Å². The van der Waals surface area contributed by atoms with E-state index in [0.717, 1.165) is 5.56 Å². The molecule has 3 N–H and O–H groups in total. The number of carboxylic acids is 1. The molecule has 1 aromatic rings. The lowest BCUT2D eigenvalue weighted by atomic mass is 10.1. The van der Waals surface area contributed by atoms with Crippen LogP contribution < -0.4 is 5.73 Å². The number of benzene rings is 1. The number of rotatable bonds is 8. The maximum Gasteiger partial charge on any atom is 0.425 e. The first-order valence-corrected chi connectivity index (χ1v) is 6.98. The van der Waals surface area contributed by atoms with E-state index < -0.39 is 18.1 Å². The third kappa shape index (κ3) is 6.01. The van der Waals surface area contributed by atoms with E-state index in [0.29, 0.717) is 23.8 Å². The smallest absolute Gasteiger partial charge is 0.425 e. The number of nitrogens with two attached hydrogens (primary N) is 1. The highest BCUT2D eigenvalue weighted by Crippen LogP contribution is 2.14. The van der Waals surface area contributed by atoms with Crippen LogP contribution in [0.1, 0.15) is 24.8 Å². The van der Waals surface area contributed by atoms with Gasteiger partial charge in [-0.25, -0.2) is 14.0 Å². The Hall–Kier alpha value is -1.79. The minimum Gasteiger partial charge on any atom is -0.480 e. The van der Waals surface area contributed by atoms with Gasteiger partial charge in [0.25, 0.3) is 0 Å². The molecule has 1 atom stereocenters. The molecule has 7 heteroatoms. The molecule has 1 amide bonds. The number of carboxylic acid groups (broad SMARTS) is 1. The van der Waals surface area contributed by atoms with Gasteiger partial charge in [0, 0.05) is 11.8 Å². The van der Waals surface area contributed by atoms with Crippen molar-refractivity contribution in [3.63, 3.8) is 0 Å². The van der Waals surface area contributed by atoms with Crippen molar-refractivity contribution in [1.29, 1.82) is 0 Å². The molecule has 116 valence electrons. The van der Waals surface area contributed by atoms with E-state index in [1.165, 1.54) is 0 Å². The lowest BCUT2D eigenvalue weighted by Gasteiger charge is -2.21. The van der Waals surface area contributed by atoms with E-state index in [9.17, 15) is 9.59 Å². The molecule has 0 aliphatic rings. The van der Waals surface area contributed by atoms with Gasteiger partial charge < -0.3 is 15.6 Å². The van der Waals surface area contributed by atoms with Crippen molar-refractivity contribution < 1.29 is 19.4 Å². The van der Waals surface area contributed by atoms with Gasteiger partial charge in [0.2, 0.25) is 0 Å². The zero-order chi connectivity index (χ0) is 15.7. The molecule has 0 fully saturated rings. The number of carbonyl (C=O) groups excluding carboxylic acids is 1. The maximum atomic E-state index is 11.8. The molecule has 0 aliphatic heterocycles. The Labute approximate surface area is 128 Å². The van der Waals surface area contributed by atoms with Crippen molar-refractivity contribution in [2.45, 2.75) is 31.9 Å². The quantitative estimate of drug-likeness (QED) is 0.567. The molecule has 0 heterocycles. The van der Waals surface area contributed by atoms with Crippen molar-refractivity contribution in [2.24, 2.45) is 5.73 Å². The summed E-state index contributed by atoms with van der Waals surface area (Å²) in [5, 5.41) is 9.11. The second-order valence-electron chi connectivity index (χ2n) is 4.49. The molecule has 1 aromatic carbocycles. The first-order chi connectivity index (χ1) is 10.1. The maximum absolute atomic E-state index is 11.8. The van der Waals surface area contributed by atoms with Crippen LogP contribution in [0, 0.1) is 0 Å². The molecule has 21 heavy (non-hydrogen) atoms. The molecule has 0 radical (unpaired) electrons. The van der Waals surface area contributed by atoms with Crippen molar-refractivity contribution in [2.75, 3.05) is 6.54 Å². The van der Waals surface area contributed by atoms with Gasteiger partial charge in [-0.3, -0.25) is 0 Å². The van der Waals surface area contributed by atoms with Crippen LogP contribution in [0.4, 0.5) is 4.79 Å². The number of unbranched alkanes of at least 4 members (excludes halogenated alkanes) is 1. The Morgan fingerprint density at radius 2 is 1.95 bits per heavy atom. The summed E-state index contributed by atoms with van der Waals surface area (Å²) in [5.74, 6) is -1.17. The van der Waals surface area contributed by atoms with Crippen LogP contribution in [0.3, 0.4) is 0 Å². The summed E-state index contributed by atoms with van der Waals surface area (Å²) in [4.78, 5) is 22.9. The van der Waals surface area contributed by atoms with E-state index >= 15 is 0 Å². The summed E-state index contributed by atoms with van der Waals surface area (Å²) in [5.41, 5.74) is 6.15. The Bertz CT molecular complexity index is 456. The van der Waals surface area contributed by atoms with E-state index in [1.807, 2.05) is 18.2 Å². The van der Waals surface area contributed by atoms with E-state index in [4.69, 9.17) is 27.4 Å². The van der Waals surface area contributed by atoms with Crippen LogP contribution in [-0.4, -0.2) is 34.2 Å². The zero-order valence-corrected chi connectivity index (χ0v) is 12.3. The molecule has 0 bridgehead atoms. The van der Waals surface area contributed by atoms with Crippen LogP contribution in [0.5, 0.6) is 0 Å². The Morgan fingerprint density at radius 1 is 1.29 bits per heavy atom. The lowest BCUT2D eigenvalue weighted by Crippen LogP contribution is -2.39. The zero-order valence-electron chi connectivity index (χ0n) is 11.6. The molecule has 1 rings (SSSR count). The fourth-order valence-electron chi connectivity index (χ4n) is 1.72. The summed E-state index contributed by atoms with van der Waals surface area (Å²) in [6, 6.07) is 7.94. The van der Waals surface area contributed by atoms with Gasteiger partial charge in [-0.05, 0) is 31.4 Å². The predicted molar refractivity (Wildman–Crippen MR) is 78.6 cm³/mol. The molecule has 6 nitrogen and oxygen atoms in total. The third-order valence-electron chi connectivity index (χ3n) is 2.87. The topological polar surface area (TPSA) is 92.9 Å². The van der Waals surface area contributed by atoms with Gasteiger partial charge in [-0.2, -0.15) is 0 Å². The second kappa shape index (κ2) is 9.20. The Balaban J connectivity index is 2.51. The molecule has 0 unspecified atom stereocenters. The first kappa shape index (κ1) is 17.3. The van der Waals surface area contributed by atoms with Crippen LogP contribution in [-0.2, 0) is 16.1 Å². The van der Waals surface area contributed by atoms with E-state index in [1.54, 1.807) is 12.1 Å². The van der Waals surface area contributed by atoms with Crippen LogP contribution in [0.25, 0.3) is 0 Å². The lowest BCUT2D eigenvalue weighted by molar-refractivity contribution is -0.141. The molecule has 0 saturated heterocycles. The van der Waals surface area contributed by atoms with Gasteiger partial charge in [-0.1, -0.05) is 30.3 Å². The highest BCUT2D eigenvalue weighted by atomic mass is 35.5. The summed E-state index contributed by atoms with van der Waals surface area (Å²) in [7, 11) is 0. The first-order valence-electron chi connectivity index (χ1n) is 6.64. The average Bonchev–Trinajstić information content (AvgIpc) is 2.49. The second-order valence-corrected chi connectivity index (χ2v) is 4.85. The fourth-order valence-corrected chi connectivity index (χ4v) is 1.95. The number of nitrogens with zero attached hydrogens (tertiary/aromatic N) is 1. The average molecular weight is 315 g/mol. The standard InChI is InChI=1S/C14H19ClN2O4/c15-17(12(13(18)19)8-4-5-9-16)14(20)21-10-11-6-2-1-3-7-11/h1-3,6-7,12H,4-5,8-10,16H2,(H,18,19)/t12-/m1/s1. The van der Waals surface area contributed by atoms with Gasteiger partial charge in [0.15, 0.2) is 0 Å². The van der Waals surface area contributed by atoms with E-state index in [-0.39, 0.29) is 13.0 Å². The van der Waals surface area contributed by atoms with Crippen molar-refractivity contribution >= 4 is 23.8 Å². The van der Waals surface area contributed by atoms with Gasteiger partial charge in [-0.15, -0.1) is 0 Å². The van der Waals surface area contributed by atoms with Crippen LogP contribution in [0.2, 0.25) is 0 Å². The number of amides is 1. The number of ether oxygens (including phenoxy) is 1. The van der Waals surface area contributed by atoms with Crippen molar-refractivity contribution in [1.82, 2.24) is 4.42 Å². The normalized spacial score (nSPS) is 11.7. The minimum atomic E-state index is -1.17. The van der Waals surface area contributed by atoms with Crippen molar-refractivity contribution in [3.05, 3.63) is 35.9 Å². The number of hydrogen-bond donors (Lipinski definition) is 2. The number of hydrogen-bond acceptors (Lipinski definition) is 4. The molecular formula is C14H19ClN2O4. The van der Waals surface area contributed by atoms with Gasteiger partial charge >= 0.3 is 12.1 Å². The molecule has 0 aromatic heterocycles. The predicted octanol–water partition coefficient (Wildman–Crippen LogP) is 2.36. The van der Waals surface area contributed by atoms with Crippen LogP contribution in [0.15, 0.2) is 30.3 Å². The number of aliphatic carboxylic acids is 1. The largest absolute Gasteiger partial charge is 0.480 e. The number of carbonyl (C=O) groups is 2. The minimum absolute atomic E-state index is 0.0397. The summed E-state index contributed by atoms with van der Waals surface area (Å²) < 4.78 is 5.59. The molecular weight excluding hydrogens is 296 g/mol. The Kier molecular flexibility index (Phi) is 7.56. The van der Waals surface area contributed by atoms with Gasteiger partial charge in [0.05, 0.1) is 0 Å². The summed E-state index contributed by atoms with van der Waals surface area (Å²) >= 11 is 5.78. The van der Waals surface area contributed by atoms with Crippen LogP contribution >= 0.6 is 11.8 Å². The SMILES string of the molecule is NCCCC[C@H](C(=O)O)N(Cl)C(=O)OCc1ccccc1. The fraction of sp³-hybridized carbons (Fsp3) is 0.429. The molecule has 0 aliphatic carbocycles. The highest BCUT2D eigenvalue weighted by Gasteiger charge is 2.29. The summed E-state index contributed by atoms with van der Waals surface area (Å²) in [6.07, 6.45) is 0.604. The summed E-state index contributed by atoms with van der Waals surface area (Å²) in [6.45, 7) is 0.505.